The molecular formula is C8H6ClN4. The number of nitrogens with zero attached hydrogens (tertiary/aromatic N) is 4. The van der Waals surface area contributed by atoms with Crippen molar-refractivity contribution < 1.29 is 0 Å². The number of halogens is 1. The van der Waals surface area contributed by atoms with Crippen molar-refractivity contribution in [1.82, 2.24) is 20.2 Å². The topological polar surface area (TPSA) is 43.6 Å². The van der Waals surface area contributed by atoms with Gasteiger partial charge in [-0.15, -0.1) is 5.10 Å². The molecular weight excluding hydrogens is 188 g/mol. The molecule has 0 bridgehead atoms. The molecule has 1 aromatic heterocycles. The molecule has 1 heterocycles. The number of hydrogen-bond acceptors (Lipinski definition) is 3. The Balaban J connectivity index is 2.49. The molecule has 0 atom stereocenters. The molecule has 0 spiro atoms. The summed E-state index contributed by atoms with van der Waals surface area (Å²) in [7, 11) is 0. The lowest BCUT2D eigenvalue weighted by Gasteiger charge is -2.01. The number of hydrogen-bond donors (Lipinski definition) is 0. The van der Waals surface area contributed by atoms with Crippen molar-refractivity contribution >= 4 is 11.6 Å². The molecule has 0 saturated heterocycles. The van der Waals surface area contributed by atoms with Crippen LogP contribution >= 0.6 is 11.6 Å². The zero-order chi connectivity index (χ0) is 9.26. The second kappa shape index (κ2) is 3.14. The van der Waals surface area contributed by atoms with E-state index in [2.05, 4.69) is 21.9 Å². The molecule has 65 valence electrons. The van der Waals surface area contributed by atoms with Crippen LogP contribution in [0.15, 0.2) is 18.2 Å². The molecule has 0 amide bonds. The van der Waals surface area contributed by atoms with Crippen LogP contribution in [0, 0.1) is 13.3 Å². The lowest BCUT2D eigenvalue weighted by Crippen LogP contribution is -1.95. The first-order valence-corrected chi connectivity index (χ1v) is 4.08. The molecule has 13 heavy (non-hydrogen) atoms. The molecule has 0 N–H and O–H groups in total. The second-order valence-electron chi connectivity index (χ2n) is 2.62. The fraction of sp³-hybridized carbons (Fsp3) is 0.125. The quantitative estimate of drug-likeness (QED) is 0.688. The van der Waals surface area contributed by atoms with Crippen LogP contribution in [0.3, 0.4) is 0 Å². The van der Waals surface area contributed by atoms with Crippen molar-refractivity contribution in [1.29, 1.82) is 0 Å². The van der Waals surface area contributed by atoms with Gasteiger partial charge in [0.1, 0.15) is 0 Å². The Morgan fingerprint density at radius 3 is 2.92 bits per heavy atom. The molecule has 0 aliphatic heterocycles. The standard InChI is InChI=1S/C8H6ClN4/c1-6-4-7(2-3-8(6)9)13-5-10-11-12-13/h2-4H,1H3. The maximum atomic E-state index is 5.87. The highest BCUT2D eigenvalue weighted by Gasteiger charge is 2.00. The fourth-order valence-corrected chi connectivity index (χ4v) is 1.13. The van der Waals surface area contributed by atoms with Crippen LogP contribution in [-0.2, 0) is 0 Å². The lowest BCUT2D eigenvalue weighted by atomic mass is 10.2. The number of tetrazole rings is 1. The number of benzene rings is 1. The van der Waals surface area contributed by atoms with E-state index in [1.807, 2.05) is 25.1 Å². The van der Waals surface area contributed by atoms with Gasteiger partial charge in [0.05, 0.1) is 5.69 Å². The van der Waals surface area contributed by atoms with Gasteiger partial charge in [-0.1, -0.05) is 11.6 Å². The van der Waals surface area contributed by atoms with E-state index in [4.69, 9.17) is 11.6 Å². The Kier molecular flexibility index (Phi) is 1.98. The smallest absolute Gasteiger partial charge is 0.190 e. The lowest BCUT2D eigenvalue weighted by molar-refractivity contribution is 0.787. The first-order valence-electron chi connectivity index (χ1n) is 3.70. The van der Waals surface area contributed by atoms with E-state index in [0.717, 1.165) is 16.3 Å². The third-order valence-corrected chi connectivity index (χ3v) is 2.12. The van der Waals surface area contributed by atoms with Crippen LogP contribution < -0.4 is 0 Å². The highest BCUT2D eigenvalue weighted by molar-refractivity contribution is 6.31. The SMILES string of the molecule is Cc1cc(-n2[c]nnn2)ccc1Cl. The third kappa shape index (κ3) is 1.53. The fourth-order valence-electron chi connectivity index (χ4n) is 1.01. The predicted octanol–water partition coefficient (Wildman–Crippen LogP) is 1.42. The summed E-state index contributed by atoms with van der Waals surface area (Å²) < 4.78 is 1.46. The summed E-state index contributed by atoms with van der Waals surface area (Å²) >= 11 is 5.87. The summed E-state index contributed by atoms with van der Waals surface area (Å²) in [4.78, 5) is 0. The molecule has 0 aliphatic carbocycles. The molecule has 0 saturated carbocycles. The summed E-state index contributed by atoms with van der Waals surface area (Å²) in [5, 5.41) is 11.4. The van der Waals surface area contributed by atoms with E-state index in [0.29, 0.717) is 0 Å². The van der Waals surface area contributed by atoms with Crippen LogP contribution in [0.4, 0.5) is 0 Å². The summed E-state index contributed by atoms with van der Waals surface area (Å²) in [6.45, 7) is 1.93. The molecule has 0 unspecified atom stereocenters. The van der Waals surface area contributed by atoms with Crippen molar-refractivity contribution in [2.24, 2.45) is 0 Å². The monoisotopic (exact) mass is 193 g/mol. The van der Waals surface area contributed by atoms with E-state index < -0.39 is 0 Å². The molecule has 1 aromatic carbocycles. The Morgan fingerprint density at radius 2 is 2.31 bits per heavy atom. The van der Waals surface area contributed by atoms with Gasteiger partial charge in [-0.25, -0.2) is 0 Å². The summed E-state index contributed by atoms with van der Waals surface area (Å²) in [6.07, 6.45) is 2.60. The van der Waals surface area contributed by atoms with Crippen LogP contribution in [0.5, 0.6) is 0 Å². The molecule has 0 fully saturated rings. The number of aryl methyl sites for hydroxylation is 1. The van der Waals surface area contributed by atoms with Gasteiger partial charge in [0.25, 0.3) is 0 Å². The van der Waals surface area contributed by atoms with Gasteiger partial charge in [0.2, 0.25) is 6.33 Å². The molecule has 5 heteroatoms. The Morgan fingerprint density at radius 1 is 1.46 bits per heavy atom. The first kappa shape index (κ1) is 8.19. The van der Waals surface area contributed by atoms with Gasteiger partial charge < -0.3 is 0 Å². The Bertz CT molecular complexity index is 410. The van der Waals surface area contributed by atoms with Gasteiger partial charge in [0.15, 0.2) is 0 Å². The van der Waals surface area contributed by atoms with Crippen LogP contribution in [0.25, 0.3) is 5.69 Å². The minimum absolute atomic E-state index is 0.733. The minimum Gasteiger partial charge on any atom is -0.190 e. The predicted molar refractivity (Wildman–Crippen MR) is 47.7 cm³/mol. The highest BCUT2D eigenvalue weighted by Crippen LogP contribution is 2.17. The second-order valence-corrected chi connectivity index (χ2v) is 3.03. The maximum Gasteiger partial charge on any atom is 0.226 e. The third-order valence-electron chi connectivity index (χ3n) is 1.70. The molecule has 2 aromatic rings. The largest absolute Gasteiger partial charge is 0.226 e. The van der Waals surface area contributed by atoms with Gasteiger partial charge in [-0.05, 0) is 41.1 Å². The average Bonchev–Trinajstić information content (AvgIpc) is 2.62. The number of rotatable bonds is 1. The van der Waals surface area contributed by atoms with E-state index in [9.17, 15) is 0 Å². The van der Waals surface area contributed by atoms with E-state index in [1.54, 1.807) is 0 Å². The van der Waals surface area contributed by atoms with E-state index in [1.165, 1.54) is 4.68 Å². The molecule has 0 aliphatic rings. The minimum atomic E-state index is 0.733. The highest BCUT2D eigenvalue weighted by atomic mass is 35.5. The zero-order valence-corrected chi connectivity index (χ0v) is 7.65. The van der Waals surface area contributed by atoms with Gasteiger partial charge in [-0.2, -0.15) is 4.68 Å². The zero-order valence-electron chi connectivity index (χ0n) is 6.90. The van der Waals surface area contributed by atoms with Gasteiger partial charge in [-0.3, -0.25) is 0 Å². The van der Waals surface area contributed by atoms with E-state index >= 15 is 0 Å². The molecule has 1 radical (unpaired) electrons. The van der Waals surface area contributed by atoms with Crippen molar-refractivity contribution in [2.75, 3.05) is 0 Å². The van der Waals surface area contributed by atoms with Gasteiger partial charge in [0, 0.05) is 5.02 Å². The Labute approximate surface area is 80.1 Å². The van der Waals surface area contributed by atoms with Crippen molar-refractivity contribution in [3.63, 3.8) is 0 Å². The molecule has 2 rings (SSSR count). The maximum absolute atomic E-state index is 5.87. The van der Waals surface area contributed by atoms with Crippen molar-refractivity contribution in [3.05, 3.63) is 35.1 Å². The number of aromatic nitrogens is 4. The van der Waals surface area contributed by atoms with Crippen LogP contribution in [-0.4, -0.2) is 20.2 Å². The van der Waals surface area contributed by atoms with Crippen LogP contribution in [0.2, 0.25) is 5.02 Å². The summed E-state index contributed by atoms with van der Waals surface area (Å²) in [5.41, 5.74) is 1.84. The molecule has 4 nitrogen and oxygen atoms in total. The van der Waals surface area contributed by atoms with E-state index in [-0.39, 0.29) is 0 Å². The van der Waals surface area contributed by atoms with Crippen LogP contribution in [0.1, 0.15) is 5.56 Å². The van der Waals surface area contributed by atoms with Crippen molar-refractivity contribution in [2.45, 2.75) is 6.92 Å². The van der Waals surface area contributed by atoms with Gasteiger partial charge >= 0.3 is 0 Å². The average molecular weight is 194 g/mol. The Hall–Kier alpha value is -1.42. The summed E-state index contributed by atoms with van der Waals surface area (Å²) in [6, 6.07) is 5.54. The normalized spacial score (nSPS) is 10.3. The summed E-state index contributed by atoms with van der Waals surface area (Å²) in [5.74, 6) is 0. The van der Waals surface area contributed by atoms with Crippen molar-refractivity contribution in [3.8, 4) is 5.69 Å². The first-order chi connectivity index (χ1) is 6.27.